The Balaban J connectivity index is 2.17. The third-order valence-corrected chi connectivity index (χ3v) is 5.78. The van der Waals surface area contributed by atoms with Gasteiger partial charge >= 0.3 is 11.9 Å². The lowest BCUT2D eigenvalue weighted by molar-refractivity contribution is -0.153. The highest BCUT2D eigenvalue weighted by Crippen LogP contribution is 2.27. The molecule has 1 atom stereocenters. The molecule has 0 saturated heterocycles. The number of carboxylic acid groups (broad SMARTS) is 1. The molecule has 0 spiro atoms. The van der Waals surface area contributed by atoms with Crippen LogP contribution in [0.2, 0.25) is 0 Å². The van der Waals surface area contributed by atoms with Gasteiger partial charge in [-0.05, 0) is 32.0 Å². The number of ether oxygens (including phenoxy) is 1. The second-order valence-electron chi connectivity index (χ2n) is 5.95. The molecule has 0 saturated carbocycles. The first-order valence-electron chi connectivity index (χ1n) is 8.31. The summed E-state index contributed by atoms with van der Waals surface area (Å²) in [7, 11) is -3.97. The Labute approximate surface area is 160 Å². The van der Waals surface area contributed by atoms with Crippen LogP contribution in [0, 0.1) is 6.92 Å². The van der Waals surface area contributed by atoms with Crippen LogP contribution in [0.4, 0.5) is 0 Å². The maximum Gasteiger partial charge on any atom is 0.326 e. The number of carboxylic acids is 1. The van der Waals surface area contributed by atoms with E-state index in [4.69, 9.17) is 4.74 Å². The van der Waals surface area contributed by atoms with Crippen molar-refractivity contribution >= 4 is 33.0 Å². The lowest BCUT2D eigenvalue weighted by Gasteiger charge is -2.12. The van der Waals surface area contributed by atoms with Crippen LogP contribution in [0.1, 0.15) is 24.1 Å². The van der Waals surface area contributed by atoms with E-state index in [2.05, 4.69) is 9.97 Å². The number of hydrogen-bond acceptors (Lipinski definition) is 7. The molecule has 1 unspecified atom stereocenters. The van der Waals surface area contributed by atoms with E-state index in [0.717, 1.165) is 15.9 Å². The van der Waals surface area contributed by atoms with Crippen LogP contribution in [-0.4, -0.2) is 46.0 Å². The lowest BCUT2D eigenvalue weighted by Crippen LogP contribution is -2.25. The van der Waals surface area contributed by atoms with E-state index in [-0.39, 0.29) is 28.2 Å². The van der Waals surface area contributed by atoms with E-state index in [1.807, 2.05) is 6.92 Å². The molecule has 0 aliphatic rings. The summed E-state index contributed by atoms with van der Waals surface area (Å²) in [4.78, 5) is 31.7. The normalized spacial score (nSPS) is 12.6. The zero-order valence-corrected chi connectivity index (χ0v) is 15.9. The molecule has 146 valence electrons. The number of aromatic nitrogens is 3. The van der Waals surface area contributed by atoms with Crippen molar-refractivity contribution in [3.63, 3.8) is 0 Å². The summed E-state index contributed by atoms with van der Waals surface area (Å²) in [5, 5.41) is 9.61. The zero-order valence-electron chi connectivity index (χ0n) is 15.1. The molecule has 0 bridgehead atoms. The van der Waals surface area contributed by atoms with Crippen molar-refractivity contribution < 1.29 is 27.9 Å². The monoisotopic (exact) mass is 403 g/mol. The second kappa shape index (κ2) is 7.39. The molecule has 0 amide bonds. The molecule has 0 aliphatic heterocycles. The van der Waals surface area contributed by atoms with E-state index in [1.165, 1.54) is 24.4 Å². The van der Waals surface area contributed by atoms with E-state index in [0.29, 0.717) is 0 Å². The molecule has 0 fully saturated rings. The van der Waals surface area contributed by atoms with Gasteiger partial charge in [0.25, 0.3) is 10.0 Å². The number of aliphatic carboxylic acids is 1. The fourth-order valence-corrected chi connectivity index (χ4v) is 4.05. The molecule has 28 heavy (non-hydrogen) atoms. The molecule has 1 N–H and O–H groups in total. The fraction of sp³-hybridized carbons (Fsp3) is 0.222. The van der Waals surface area contributed by atoms with Crippen LogP contribution in [0.5, 0.6) is 0 Å². The van der Waals surface area contributed by atoms with Gasteiger partial charge in [-0.25, -0.2) is 22.4 Å². The van der Waals surface area contributed by atoms with Gasteiger partial charge in [-0.3, -0.25) is 9.59 Å². The molecule has 1 aromatic carbocycles. The average molecular weight is 403 g/mol. The molecule has 10 heteroatoms. The molecule has 0 radical (unpaired) electrons. The van der Waals surface area contributed by atoms with Crippen molar-refractivity contribution in [3.05, 3.63) is 54.1 Å². The van der Waals surface area contributed by atoms with Gasteiger partial charge in [-0.2, -0.15) is 0 Å². The highest BCUT2D eigenvalue weighted by atomic mass is 32.2. The van der Waals surface area contributed by atoms with Crippen LogP contribution >= 0.6 is 0 Å². The zero-order chi connectivity index (χ0) is 20.5. The van der Waals surface area contributed by atoms with Gasteiger partial charge in [0.1, 0.15) is 6.33 Å². The number of esters is 1. The number of carbonyl (C=O) groups excluding carboxylic acids is 1. The minimum absolute atomic E-state index is 0.000342. The lowest BCUT2D eigenvalue weighted by atomic mass is 10.0. The summed E-state index contributed by atoms with van der Waals surface area (Å²) in [6, 6.07) is 7.64. The Morgan fingerprint density at radius 2 is 1.86 bits per heavy atom. The number of carbonyl (C=O) groups is 2. The number of benzene rings is 1. The standard InChI is InChI=1S/C18H17N3O6S/c1-3-27-18(24)14(17(22)23)15-13-8-9-21(16(13)20-10-19-15)28(25,26)12-6-4-11(2)5-7-12/h4-10,14H,3H2,1-2H3,(H,22,23). The Bertz CT molecular complexity index is 1150. The van der Waals surface area contributed by atoms with Crippen molar-refractivity contribution in [2.45, 2.75) is 24.7 Å². The first-order chi connectivity index (χ1) is 13.3. The number of hydrogen-bond donors (Lipinski definition) is 1. The summed E-state index contributed by atoms with van der Waals surface area (Å²) >= 11 is 0. The third kappa shape index (κ3) is 3.33. The van der Waals surface area contributed by atoms with Crippen LogP contribution in [0.25, 0.3) is 11.0 Å². The molecular weight excluding hydrogens is 386 g/mol. The van der Waals surface area contributed by atoms with Gasteiger partial charge in [0.15, 0.2) is 11.6 Å². The largest absolute Gasteiger partial charge is 0.480 e. The average Bonchev–Trinajstić information content (AvgIpc) is 3.08. The topological polar surface area (TPSA) is 128 Å². The molecule has 9 nitrogen and oxygen atoms in total. The highest BCUT2D eigenvalue weighted by Gasteiger charge is 2.34. The predicted octanol–water partition coefficient (Wildman–Crippen LogP) is 1.71. The van der Waals surface area contributed by atoms with Crippen LogP contribution in [0.15, 0.2) is 47.8 Å². The first-order valence-corrected chi connectivity index (χ1v) is 9.75. The fourth-order valence-electron chi connectivity index (χ4n) is 2.75. The maximum absolute atomic E-state index is 13.0. The predicted molar refractivity (Wildman–Crippen MR) is 98.3 cm³/mol. The highest BCUT2D eigenvalue weighted by molar-refractivity contribution is 7.90. The van der Waals surface area contributed by atoms with E-state index in [9.17, 15) is 23.1 Å². The van der Waals surface area contributed by atoms with Gasteiger partial charge in [0.2, 0.25) is 0 Å². The number of rotatable bonds is 6. The minimum atomic E-state index is -3.97. The van der Waals surface area contributed by atoms with Gasteiger partial charge in [0.05, 0.1) is 17.2 Å². The van der Waals surface area contributed by atoms with Crippen LogP contribution < -0.4 is 0 Å². The Morgan fingerprint density at radius 1 is 1.18 bits per heavy atom. The third-order valence-electron chi connectivity index (χ3n) is 4.10. The van der Waals surface area contributed by atoms with Gasteiger partial charge < -0.3 is 9.84 Å². The first kappa shape index (κ1) is 19.5. The summed E-state index contributed by atoms with van der Waals surface area (Å²) in [5.74, 6) is -4.12. The number of nitrogens with zero attached hydrogens (tertiary/aromatic N) is 3. The summed E-state index contributed by atoms with van der Waals surface area (Å²) in [5.41, 5.74) is 0.745. The Morgan fingerprint density at radius 3 is 2.46 bits per heavy atom. The molecule has 3 rings (SSSR count). The molecular formula is C18H17N3O6S. The van der Waals surface area contributed by atoms with Crippen LogP contribution in [-0.2, 0) is 24.3 Å². The smallest absolute Gasteiger partial charge is 0.326 e. The SMILES string of the molecule is CCOC(=O)C(C(=O)O)c1ncnc2c1ccn2S(=O)(=O)c1ccc(C)cc1. The molecule has 0 aliphatic carbocycles. The van der Waals surface area contributed by atoms with Crippen molar-refractivity contribution in [1.29, 1.82) is 0 Å². The summed E-state index contributed by atoms with van der Waals surface area (Å²) in [6.45, 7) is 3.39. The van der Waals surface area contributed by atoms with Gasteiger partial charge in [-0.1, -0.05) is 17.7 Å². The Kier molecular flexibility index (Phi) is 5.14. The second-order valence-corrected chi connectivity index (χ2v) is 7.76. The molecule has 3 aromatic rings. The maximum atomic E-state index is 13.0. The minimum Gasteiger partial charge on any atom is -0.480 e. The van der Waals surface area contributed by atoms with Crippen LogP contribution in [0.3, 0.4) is 0 Å². The van der Waals surface area contributed by atoms with Crippen molar-refractivity contribution in [2.75, 3.05) is 6.61 Å². The number of fused-ring (bicyclic) bond motifs is 1. The van der Waals surface area contributed by atoms with Crippen molar-refractivity contribution in [2.24, 2.45) is 0 Å². The summed E-state index contributed by atoms with van der Waals surface area (Å²) in [6.07, 6.45) is 2.27. The van der Waals surface area contributed by atoms with Gasteiger partial charge in [-0.15, -0.1) is 0 Å². The molecule has 2 aromatic heterocycles. The Hall–Kier alpha value is -3.27. The molecule has 2 heterocycles. The van der Waals surface area contributed by atoms with Crippen molar-refractivity contribution in [3.8, 4) is 0 Å². The summed E-state index contributed by atoms with van der Waals surface area (Å²) < 4.78 is 31.7. The van der Waals surface area contributed by atoms with E-state index >= 15 is 0 Å². The quantitative estimate of drug-likeness (QED) is 0.486. The van der Waals surface area contributed by atoms with Crippen molar-refractivity contribution in [1.82, 2.24) is 13.9 Å². The van der Waals surface area contributed by atoms with E-state index in [1.54, 1.807) is 19.1 Å². The van der Waals surface area contributed by atoms with Gasteiger partial charge in [0, 0.05) is 11.6 Å². The van der Waals surface area contributed by atoms with E-state index < -0.39 is 27.9 Å². The number of aryl methyl sites for hydroxylation is 1.